The highest BCUT2D eigenvalue weighted by atomic mass is 16.7. The largest absolute Gasteiger partial charge is 0.467 e. The molecule has 1 fully saturated rings. The summed E-state index contributed by atoms with van der Waals surface area (Å²) in [7, 11) is 1.20. The Morgan fingerprint density at radius 1 is 1.03 bits per heavy atom. The number of hydrogen-bond donors (Lipinski definition) is 0. The van der Waals surface area contributed by atoms with Crippen molar-refractivity contribution in [2.75, 3.05) is 7.11 Å². The molecule has 0 N–H and O–H groups in total. The summed E-state index contributed by atoms with van der Waals surface area (Å²) >= 11 is 0. The van der Waals surface area contributed by atoms with Crippen molar-refractivity contribution in [1.29, 1.82) is 0 Å². The molecule has 0 aromatic heterocycles. The van der Waals surface area contributed by atoms with Gasteiger partial charge < -0.3 is 23.7 Å². The molecule has 5 atom stereocenters. The monoisotopic (exact) mass is 484 g/mol. The Morgan fingerprint density at radius 2 is 1.74 bits per heavy atom. The predicted molar refractivity (Wildman–Crippen MR) is 123 cm³/mol. The molecular formula is C26H28O9. The van der Waals surface area contributed by atoms with Gasteiger partial charge in [-0.3, -0.25) is 9.59 Å². The topological polar surface area (TPSA) is 114 Å². The highest BCUT2D eigenvalue weighted by Gasteiger charge is 2.48. The van der Waals surface area contributed by atoms with Crippen molar-refractivity contribution in [2.45, 2.75) is 45.9 Å². The predicted octanol–water partition coefficient (Wildman–Crippen LogP) is 3.34. The van der Waals surface area contributed by atoms with Gasteiger partial charge in [0, 0.05) is 18.8 Å². The summed E-state index contributed by atoms with van der Waals surface area (Å²) in [5.41, 5.74) is 1.13. The van der Waals surface area contributed by atoms with Gasteiger partial charge in [0.05, 0.1) is 18.2 Å². The van der Waals surface area contributed by atoms with Gasteiger partial charge in [0.1, 0.15) is 18.5 Å². The summed E-state index contributed by atoms with van der Waals surface area (Å²) in [6.07, 6.45) is -2.45. The summed E-state index contributed by atoms with van der Waals surface area (Å²) in [6.45, 7) is 4.96. The van der Waals surface area contributed by atoms with Crippen LogP contribution < -0.4 is 4.74 Å². The van der Waals surface area contributed by atoms with Gasteiger partial charge in [-0.25, -0.2) is 9.59 Å². The first-order chi connectivity index (χ1) is 16.7. The van der Waals surface area contributed by atoms with Crippen LogP contribution in [0.15, 0.2) is 48.5 Å². The molecule has 0 aliphatic carbocycles. The Morgan fingerprint density at radius 3 is 2.37 bits per heavy atom. The molecule has 1 aliphatic heterocycles. The van der Waals surface area contributed by atoms with Crippen LogP contribution in [0.4, 0.5) is 0 Å². The van der Waals surface area contributed by atoms with Crippen molar-refractivity contribution in [1.82, 2.24) is 0 Å². The zero-order valence-corrected chi connectivity index (χ0v) is 20.0. The molecule has 0 unspecified atom stereocenters. The minimum atomic E-state index is -1.20. The SMILES string of the molecule is COC(=O)[C@H]1O[C@@H](Oc2ccc(C(=O)OCc3ccccc3)cc2C=O)[C@H](C)[C@@H](C)[C@@H]1OC(C)=O. The highest BCUT2D eigenvalue weighted by Crippen LogP contribution is 2.35. The lowest BCUT2D eigenvalue weighted by Gasteiger charge is -2.42. The molecule has 35 heavy (non-hydrogen) atoms. The molecule has 1 aliphatic rings. The van der Waals surface area contributed by atoms with Gasteiger partial charge in [-0.05, 0) is 23.8 Å². The molecule has 0 bridgehead atoms. The van der Waals surface area contributed by atoms with Gasteiger partial charge in [-0.2, -0.15) is 0 Å². The van der Waals surface area contributed by atoms with Crippen LogP contribution in [0.5, 0.6) is 5.75 Å². The zero-order chi connectivity index (χ0) is 25.5. The maximum atomic E-state index is 12.5. The number of ether oxygens (including phenoxy) is 5. The summed E-state index contributed by atoms with van der Waals surface area (Å²) in [5.74, 6) is -2.34. The third-order valence-corrected chi connectivity index (χ3v) is 5.92. The number of carbonyl (C=O) groups is 4. The molecule has 9 heteroatoms. The van der Waals surface area contributed by atoms with Gasteiger partial charge in [-0.1, -0.05) is 44.2 Å². The van der Waals surface area contributed by atoms with E-state index >= 15 is 0 Å². The summed E-state index contributed by atoms with van der Waals surface area (Å²) in [4.78, 5) is 48.1. The van der Waals surface area contributed by atoms with Crippen LogP contribution in [0, 0.1) is 11.8 Å². The number of aldehydes is 1. The van der Waals surface area contributed by atoms with Crippen LogP contribution in [0.25, 0.3) is 0 Å². The fraction of sp³-hybridized carbons (Fsp3) is 0.385. The zero-order valence-electron chi connectivity index (χ0n) is 20.0. The molecule has 0 spiro atoms. The van der Waals surface area contributed by atoms with Crippen molar-refractivity contribution in [2.24, 2.45) is 11.8 Å². The number of methoxy groups -OCH3 is 1. The molecule has 0 saturated carbocycles. The van der Waals surface area contributed by atoms with Crippen LogP contribution >= 0.6 is 0 Å². The van der Waals surface area contributed by atoms with E-state index in [1.54, 1.807) is 6.92 Å². The number of hydrogen-bond acceptors (Lipinski definition) is 9. The van der Waals surface area contributed by atoms with E-state index in [9.17, 15) is 19.2 Å². The van der Waals surface area contributed by atoms with Crippen LogP contribution in [-0.2, 0) is 35.1 Å². The second-order valence-corrected chi connectivity index (χ2v) is 8.29. The molecule has 0 radical (unpaired) electrons. The summed E-state index contributed by atoms with van der Waals surface area (Å²) in [5, 5.41) is 0. The summed E-state index contributed by atoms with van der Waals surface area (Å²) in [6, 6.07) is 13.5. The van der Waals surface area contributed by atoms with Crippen LogP contribution in [-0.4, -0.2) is 49.8 Å². The molecule has 2 aromatic rings. The lowest BCUT2D eigenvalue weighted by Crippen LogP contribution is -2.55. The van der Waals surface area contributed by atoms with Gasteiger partial charge in [0.15, 0.2) is 12.4 Å². The van der Waals surface area contributed by atoms with Crippen molar-refractivity contribution in [3.8, 4) is 5.75 Å². The lowest BCUT2D eigenvalue weighted by atomic mass is 9.84. The van der Waals surface area contributed by atoms with Gasteiger partial charge in [-0.15, -0.1) is 0 Å². The summed E-state index contributed by atoms with van der Waals surface area (Å²) < 4.78 is 27.2. The van der Waals surface area contributed by atoms with Crippen molar-refractivity contribution in [3.63, 3.8) is 0 Å². The first kappa shape index (κ1) is 25.9. The van der Waals surface area contributed by atoms with Gasteiger partial charge in [0.2, 0.25) is 6.29 Å². The van der Waals surface area contributed by atoms with Gasteiger partial charge in [0.25, 0.3) is 0 Å². The second-order valence-electron chi connectivity index (χ2n) is 8.29. The average Bonchev–Trinajstić information content (AvgIpc) is 2.87. The Kier molecular flexibility index (Phi) is 8.59. The number of carbonyl (C=O) groups excluding carboxylic acids is 4. The Hall–Kier alpha value is -3.72. The Balaban J connectivity index is 1.75. The fourth-order valence-corrected chi connectivity index (χ4v) is 3.78. The first-order valence-electron chi connectivity index (χ1n) is 11.1. The third kappa shape index (κ3) is 6.24. The van der Waals surface area contributed by atoms with Gasteiger partial charge >= 0.3 is 17.9 Å². The normalized spacial score (nSPS) is 23.6. The number of benzene rings is 2. The van der Waals surface area contributed by atoms with E-state index in [2.05, 4.69) is 0 Å². The molecular weight excluding hydrogens is 456 g/mol. The third-order valence-electron chi connectivity index (χ3n) is 5.92. The molecule has 0 amide bonds. The van der Waals surface area contributed by atoms with E-state index in [1.807, 2.05) is 37.3 Å². The van der Waals surface area contributed by atoms with E-state index < -0.39 is 36.4 Å². The van der Waals surface area contributed by atoms with Crippen LogP contribution in [0.2, 0.25) is 0 Å². The maximum Gasteiger partial charge on any atom is 0.339 e. The second kappa shape index (κ2) is 11.6. The molecule has 1 saturated heterocycles. The van der Waals surface area contributed by atoms with E-state index in [4.69, 9.17) is 23.7 Å². The quantitative estimate of drug-likeness (QED) is 0.316. The number of rotatable bonds is 8. The Labute approximate surface area is 203 Å². The van der Waals surface area contributed by atoms with Crippen molar-refractivity contribution >= 4 is 24.2 Å². The van der Waals surface area contributed by atoms with E-state index in [0.717, 1.165) is 5.56 Å². The Bertz CT molecular complexity index is 1070. The standard InChI is InChI=1S/C26H28O9/c1-15-16(2)26(35-23(25(30)31-4)22(15)33-17(3)28)34-21-11-10-19(12-20(21)13-27)24(29)32-14-18-8-6-5-7-9-18/h5-13,15-16,22-23,26H,14H2,1-4H3/t15-,16-,22+,23+,26-/m1/s1. The molecule has 3 rings (SSSR count). The lowest BCUT2D eigenvalue weighted by molar-refractivity contribution is -0.243. The molecule has 186 valence electrons. The smallest absolute Gasteiger partial charge is 0.339 e. The average molecular weight is 485 g/mol. The van der Waals surface area contributed by atoms with E-state index in [0.29, 0.717) is 6.29 Å². The minimum Gasteiger partial charge on any atom is -0.467 e. The van der Waals surface area contributed by atoms with Crippen molar-refractivity contribution in [3.05, 3.63) is 65.2 Å². The minimum absolute atomic E-state index is 0.0953. The highest BCUT2D eigenvalue weighted by molar-refractivity contribution is 5.92. The molecule has 2 aromatic carbocycles. The number of esters is 3. The molecule has 1 heterocycles. The van der Waals surface area contributed by atoms with E-state index in [1.165, 1.54) is 32.2 Å². The van der Waals surface area contributed by atoms with E-state index in [-0.39, 0.29) is 35.3 Å². The molecule has 9 nitrogen and oxygen atoms in total. The van der Waals surface area contributed by atoms with Crippen LogP contribution in [0.1, 0.15) is 47.1 Å². The fourth-order valence-electron chi connectivity index (χ4n) is 3.78. The first-order valence-corrected chi connectivity index (χ1v) is 11.1. The van der Waals surface area contributed by atoms with Crippen molar-refractivity contribution < 1.29 is 42.9 Å². The maximum absolute atomic E-state index is 12.5. The van der Waals surface area contributed by atoms with Crippen LogP contribution in [0.3, 0.4) is 0 Å².